The third kappa shape index (κ3) is 2.82. The van der Waals surface area contributed by atoms with Crippen molar-refractivity contribution in [3.63, 3.8) is 0 Å². The lowest BCUT2D eigenvalue weighted by Gasteiger charge is -2.48. The molecule has 3 heterocycles. The third-order valence-electron chi connectivity index (χ3n) is 4.29. The SMILES string of the molecule is C=Cc1nc(N2CC3(CCN(C(=O)O)C3)C2)cc(C(F)(F)F)n1. The number of amides is 1. The van der Waals surface area contributed by atoms with E-state index < -0.39 is 18.0 Å². The van der Waals surface area contributed by atoms with Crippen LogP contribution in [0.3, 0.4) is 0 Å². The van der Waals surface area contributed by atoms with Crippen molar-refractivity contribution >= 4 is 18.0 Å². The highest BCUT2D eigenvalue weighted by atomic mass is 19.4. The number of carboxylic acid groups (broad SMARTS) is 1. The van der Waals surface area contributed by atoms with Crippen molar-refractivity contribution in [3.8, 4) is 0 Å². The van der Waals surface area contributed by atoms with E-state index >= 15 is 0 Å². The van der Waals surface area contributed by atoms with E-state index in [1.165, 1.54) is 11.0 Å². The molecule has 2 saturated heterocycles. The smallest absolute Gasteiger partial charge is 0.433 e. The zero-order valence-electron chi connectivity index (χ0n) is 12.2. The van der Waals surface area contributed by atoms with Gasteiger partial charge in [0.1, 0.15) is 5.82 Å². The Bertz CT molecular complexity index is 656. The maximum atomic E-state index is 12.9. The topological polar surface area (TPSA) is 69.6 Å². The second-order valence-electron chi connectivity index (χ2n) is 5.98. The van der Waals surface area contributed by atoms with Crippen molar-refractivity contribution in [2.45, 2.75) is 12.6 Å². The highest BCUT2D eigenvalue weighted by Gasteiger charge is 2.49. The van der Waals surface area contributed by atoms with Gasteiger partial charge < -0.3 is 14.9 Å². The number of carbonyl (C=O) groups is 1. The zero-order chi connectivity index (χ0) is 16.8. The van der Waals surface area contributed by atoms with Crippen molar-refractivity contribution < 1.29 is 23.1 Å². The Morgan fingerprint density at radius 1 is 1.35 bits per heavy atom. The molecule has 1 aromatic rings. The third-order valence-corrected chi connectivity index (χ3v) is 4.29. The molecule has 2 aliphatic heterocycles. The molecule has 0 radical (unpaired) electrons. The molecule has 1 spiro atoms. The van der Waals surface area contributed by atoms with Gasteiger partial charge in [0.2, 0.25) is 0 Å². The van der Waals surface area contributed by atoms with Crippen LogP contribution in [-0.2, 0) is 6.18 Å². The van der Waals surface area contributed by atoms with Gasteiger partial charge in [-0.1, -0.05) is 6.58 Å². The Morgan fingerprint density at radius 3 is 2.57 bits per heavy atom. The average Bonchev–Trinajstić information content (AvgIpc) is 2.90. The van der Waals surface area contributed by atoms with Crippen molar-refractivity contribution in [1.29, 1.82) is 0 Å². The van der Waals surface area contributed by atoms with Crippen molar-refractivity contribution in [3.05, 3.63) is 24.2 Å². The number of halogens is 3. The maximum absolute atomic E-state index is 12.9. The largest absolute Gasteiger partial charge is 0.465 e. The molecule has 3 rings (SSSR count). The van der Waals surface area contributed by atoms with Crippen LogP contribution in [0.25, 0.3) is 6.08 Å². The molecule has 0 bridgehead atoms. The molecule has 0 aromatic carbocycles. The van der Waals surface area contributed by atoms with Crippen LogP contribution in [0.15, 0.2) is 12.6 Å². The second kappa shape index (κ2) is 5.10. The van der Waals surface area contributed by atoms with Crippen LogP contribution < -0.4 is 4.90 Å². The van der Waals surface area contributed by atoms with E-state index in [9.17, 15) is 18.0 Å². The van der Waals surface area contributed by atoms with Crippen LogP contribution in [0.4, 0.5) is 23.8 Å². The van der Waals surface area contributed by atoms with Crippen LogP contribution in [0.5, 0.6) is 0 Å². The van der Waals surface area contributed by atoms with Crippen LogP contribution >= 0.6 is 0 Å². The van der Waals surface area contributed by atoms with E-state index in [-0.39, 0.29) is 17.1 Å². The number of likely N-dealkylation sites (tertiary alicyclic amines) is 1. The Kier molecular flexibility index (Phi) is 3.46. The summed E-state index contributed by atoms with van der Waals surface area (Å²) in [6.45, 7) is 5.26. The summed E-state index contributed by atoms with van der Waals surface area (Å²) in [5.74, 6) is 0.121. The first kappa shape index (κ1) is 15.6. The van der Waals surface area contributed by atoms with E-state index in [1.54, 1.807) is 4.90 Å². The lowest BCUT2D eigenvalue weighted by Crippen LogP contribution is -2.58. The summed E-state index contributed by atoms with van der Waals surface area (Å²) >= 11 is 0. The molecule has 1 N–H and O–H groups in total. The van der Waals surface area contributed by atoms with Gasteiger partial charge in [0.05, 0.1) is 0 Å². The normalized spacial score (nSPS) is 19.8. The molecule has 1 amide bonds. The standard InChI is InChI=1S/C14H15F3N4O2/c1-2-10-18-9(14(15,16)17)5-11(19-10)21-7-13(8-21)3-4-20(6-13)12(22)23/h2,5H,1,3-4,6-8H2,(H,22,23). The predicted molar refractivity (Wildman–Crippen MR) is 76.0 cm³/mol. The highest BCUT2D eigenvalue weighted by molar-refractivity contribution is 5.65. The minimum atomic E-state index is -4.55. The fourth-order valence-electron chi connectivity index (χ4n) is 3.13. The predicted octanol–water partition coefficient (Wildman–Crippen LogP) is 2.33. The molecular formula is C14H15F3N4O2. The molecule has 9 heteroatoms. The molecule has 1 aromatic heterocycles. The summed E-state index contributed by atoms with van der Waals surface area (Å²) < 4.78 is 38.7. The van der Waals surface area contributed by atoms with Gasteiger partial charge in [-0.05, 0) is 12.5 Å². The number of rotatable bonds is 2. The van der Waals surface area contributed by atoms with Gasteiger partial charge in [0, 0.05) is 37.7 Å². The molecule has 124 valence electrons. The molecule has 2 aliphatic rings. The summed E-state index contributed by atoms with van der Waals surface area (Å²) in [5, 5.41) is 9.00. The average molecular weight is 328 g/mol. The van der Waals surface area contributed by atoms with Crippen LogP contribution in [0.2, 0.25) is 0 Å². The summed E-state index contributed by atoms with van der Waals surface area (Å²) in [5.41, 5.74) is -1.19. The minimum Gasteiger partial charge on any atom is -0.465 e. The van der Waals surface area contributed by atoms with Gasteiger partial charge in [-0.25, -0.2) is 14.8 Å². The molecule has 0 aliphatic carbocycles. The number of anilines is 1. The molecule has 0 unspecified atom stereocenters. The molecule has 2 fully saturated rings. The molecule has 0 saturated carbocycles. The lowest BCUT2D eigenvalue weighted by atomic mass is 9.79. The lowest BCUT2D eigenvalue weighted by molar-refractivity contribution is -0.141. The first-order valence-corrected chi connectivity index (χ1v) is 7.04. The number of aromatic nitrogens is 2. The van der Waals surface area contributed by atoms with Gasteiger partial charge >= 0.3 is 12.3 Å². The summed E-state index contributed by atoms with van der Waals surface area (Å²) in [6.07, 6.45) is -3.63. The van der Waals surface area contributed by atoms with E-state index in [0.717, 1.165) is 6.07 Å². The van der Waals surface area contributed by atoms with Crippen LogP contribution in [0.1, 0.15) is 17.9 Å². The van der Waals surface area contributed by atoms with Gasteiger partial charge in [-0.3, -0.25) is 0 Å². The number of hydrogen-bond acceptors (Lipinski definition) is 4. The minimum absolute atomic E-state index is 0.0747. The molecule has 6 nitrogen and oxygen atoms in total. The van der Waals surface area contributed by atoms with Crippen molar-refractivity contribution in [1.82, 2.24) is 14.9 Å². The number of hydrogen-bond donors (Lipinski definition) is 1. The monoisotopic (exact) mass is 328 g/mol. The Labute approximate surface area is 130 Å². The second-order valence-corrected chi connectivity index (χ2v) is 5.98. The van der Waals surface area contributed by atoms with Gasteiger partial charge in [-0.15, -0.1) is 0 Å². The van der Waals surface area contributed by atoms with E-state index in [2.05, 4.69) is 16.5 Å². The van der Waals surface area contributed by atoms with Crippen molar-refractivity contribution in [2.24, 2.45) is 5.41 Å². The first-order valence-electron chi connectivity index (χ1n) is 7.04. The maximum Gasteiger partial charge on any atom is 0.433 e. The van der Waals surface area contributed by atoms with E-state index in [1.807, 2.05) is 0 Å². The van der Waals surface area contributed by atoms with E-state index in [4.69, 9.17) is 5.11 Å². The molecular weight excluding hydrogens is 313 g/mol. The summed E-state index contributed by atoms with van der Waals surface area (Å²) in [6, 6.07) is 0.920. The van der Waals surface area contributed by atoms with Gasteiger partial charge in [-0.2, -0.15) is 13.2 Å². The van der Waals surface area contributed by atoms with E-state index in [0.29, 0.717) is 32.6 Å². The van der Waals surface area contributed by atoms with Crippen LogP contribution in [-0.4, -0.2) is 52.2 Å². The zero-order valence-corrected chi connectivity index (χ0v) is 12.2. The number of nitrogens with zero attached hydrogens (tertiary/aromatic N) is 4. The quantitative estimate of drug-likeness (QED) is 0.902. The molecule has 23 heavy (non-hydrogen) atoms. The highest BCUT2D eigenvalue weighted by Crippen LogP contribution is 2.42. The van der Waals surface area contributed by atoms with Crippen molar-refractivity contribution in [2.75, 3.05) is 31.1 Å². The van der Waals surface area contributed by atoms with Crippen LogP contribution in [0, 0.1) is 5.41 Å². The van der Waals surface area contributed by atoms with Gasteiger partial charge in [0.25, 0.3) is 0 Å². The Hall–Kier alpha value is -2.32. The summed E-state index contributed by atoms with van der Waals surface area (Å²) in [7, 11) is 0. The van der Waals surface area contributed by atoms with Gasteiger partial charge in [0.15, 0.2) is 11.5 Å². The summed E-state index contributed by atoms with van der Waals surface area (Å²) in [4.78, 5) is 21.5. The first-order chi connectivity index (χ1) is 10.7. The molecule has 0 atom stereocenters. The Balaban J connectivity index is 1.77. The Morgan fingerprint density at radius 2 is 2.04 bits per heavy atom. The fraction of sp³-hybridized carbons (Fsp3) is 0.500. The number of alkyl halides is 3. The fourth-order valence-corrected chi connectivity index (χ4v) is 3.13.